The van der Waals surface area contributed by atoms with Crippen molar-refractivity contribution in [2.45, 2.75) is 284 Å². The Balaban J connectivity index is 4.33. The fraction of sp³-hybridized carbons (Fsp3) is 0.836. The molecule has 356 valence electrons. The molecule has 0 aliphatic carbocycles. The van der Waals surface area contributed by atoms with E-state index in [0.717, 1.165) is 89.9 Å². The Morgan fingerprint density at radius 1 is 0.328 bits per heavy atom. The second-order valence-electron chi connectivity index (χ2n) is 17.8. The summed E-state index contributed by atoms with van der Waals surface area (Å²) in [7, 11) is 0. The van der Waals surface area contributed by atoms with E-state index in [1.807, 2.05) is 0 Å². The molecule has 0 heterocycles. The first-order valence-electron chi connectivity index (χ1n) is 26.5. The third-order valence-electron chi connectivity index (χ3n) is 11.6. The maximum atomic E-state index is 12.8. The molecule has 0 saturated carbocycles. The van der Waals surface area contributed by atoms with E-state index in [-0.39, 0.29) is 31.1 Å². The summed E-state index contributed by atoms with van der Waals surface area (Å²) >= 11 is 0. The quantitative estimate of drug-likeness (QED) is 0.0262. The maximum absolute atomic E-state index is 12.8. The van der Waals surface area contributed by atoms with Crippen LogP contribution in [0.5, 0.6) is 0 Å². The number of esters is 3. The first kappa shape index (κ1) is 58.6. The summed E-state index contributed by atoms with van der Waals surface area (Å²) in [6.45, 7) is 6.58. The topological polar surface area (TPSA) is 78.9 Å². The average Bonchev–Trinajstić information content (AvgIpc) is 3.26. The molecule has 0 radical (unpaired) electrons. The lowest BCUT2D eigenvalue weighted by Gasteiger charge is -2.18. The highest BCUT2D eigenvalue weighted by Crippen LogP contribution is 2.16. The van der Waals surface area contributed by atoms with E-state index < -0.39 is 6.10 Å². The Kier molecular flexibility index (Phi) is 48.3. The maximum Gasteiger partial charge on any atom is 0.306 e. The number of hydrogen-bond donors (Lipinski definition) is 0. The highest BCUT2D eigenvalue weighted by Gasteiger charge is 2.19. The zero-order chi connectivity index (χ0) is 44.4. The van der Waals surface area contributed by atoms with E-state index in [2.05, 4.69) is 57.2 Å². The molecular weight excluding hydrogens is 757 g/mol. The Bertz CT molecular complexity index is 1030. The molecule has 1 atom stereocenters. The summed E-state index contributed by atoms with van der Waals surface area (Å²) in [5.74, 6) is -0.890. The molecule has 0 unspecified atom stereocenters. The van der Waals surface area contributed by atoms with Gasteiger partial charge in [0.15, 0.2) is 6.10 Å². The smallest absolute Gasteiger partial charge is 0.306 e. The van der Waals surface area contributed by atoms with Gasteiger partial charge in [-0.05, 0) is 70.6 Å². The summed E-state index contributed by atoms with van der Waals surface area (Å²) in [4.78, 5) is 37.9. The number of unbranched alkanes of at least 4 members (excludes halogenated alkanes) is 31. The number of hydrogen-bond acceptors (Lipinski definition) is 6. The van der Waals surface area contributed by atoms with Crippen LogP contribution in [0.15, 0.2) is 36.5 Å². The first-order chi connectivity index (χ1) is 30.0. The molecule has 0 aromatic rings. The van der Waals surface area contributed by atoms with Crippen LogP contribution in [-0.4, -0.2) is 37.2 Å². The molecule has 0 amide bonds. The van der Waals surface area contributed by atoms with Crippen molar-refractivity contribution >= 4 is 17.9 Å². The fourth-order valence-electron chi connectivity index (χ4n) is 7.57. The molecule has 0 fully saturated rings. The number of ether oxygens (including phenoxy) is 3. The van der Waals surface area contributed by atoms with E-state index in [1.165, 1.54) is 148 Å². The van der Waals surface area contributed by atoms with Gasteiger partial charge >= 0.3 is 17.9 Å². The fourth-order valence-corrected chi connectivity index (χ4v) is 7.57. The van der Waals surface area contributed by atoms with Gasteiger partial charge in [0.25, 0.3) is 0 Å². The molecule has 0 N–H and O–H groups in total. The summed E-state index contributed by atoms with van der Waals surface area (Å²) < 4.78 is 16.8. The second-order valence-corrected chi connectivity index (χ2v) is 17.8. The Labute approximate surface area is 378 Å². The van der Waals surface area contributed by atoms with E-state index in [4.69, 9.17) is 14.2 Å². The van der Waals surface area contributed by atoms with Gasteiger partial charge in [0.1, 0.15) is 13.2 Å². The second kappa shape index (κ2) is 50.3. The van der Waals surface area contributed by atoms with Crippen LogP contribution in [0, 0.1) is 0 Å². The Morgan fingerprint density at radius 2 is 0.607 bits per heavy atom. The predicted octanol–water partition coefficient (Wildman–Crippen LogP) is 17.3. The van der Waals surface area contributed by atoms with Crippen molar-refractivity contribution < 1.29 is 28.6 Å². The van der Waals surface area contributed by atoms with Gasteiger partial charge in [0.2, 0.25) is 0 Å². The first-order valence-corrected chi connectivity index (χ1v) is 26.5. The zero-order valence-corrected chi connectivity index (χ0v) is 40.7. The number of allylic oxidation sites excluding steroid dienone is 6. The van der Waals surface area contributed by atoms with Crippen molar-refractivity contribution in [2.24, 2.45) is 0 Å². The SMILES string of the molecule is CCCC/C=C\CCCCCCCC(=O)O[C@H](COC(=O)CCCCCCC/C=C\C/C=C\CCCCC)COC(=O)CCCCCCCCCCCCCCCCCCC. The molecule has 0 aromatic heterocycles. The Hall–Kier alpha value is -2.37. The predicted molar refractivity (Wildman–Crippen MR) is 261 cm³/mol. The lowest BCUT2D eigenvalue weighted by molar-refractivity contribution is -0.167. The van der Waals surface area contributed by atoms with E-state index in [0.29, 0.717) is 19.3 Å². The van der Waals surface area contributed by atoms with Crippen LogP contribution in [0.4, 0.5) is 0 Å². The van der Waals surface area contributed by atoms with Crippen molar-refractivity contribution in [2.75, 3.05) is 13.2 Å². The third kappa shape index (κ3) is 48.5. The zero-order valence-electron chi connectivity index (χ0n) is 40.7. The minimum absolute atomic E-state index is 0.0771. The van der Waals surface area contributed by atoms with Crippen LogP contribution in [0.25, 0.3) is 0 Å². The Morgan fingerprint density at radius 3 is 1.00 bits per heavy atom. The third-order valence-corrected chi connectivity index (χ3v) is 11.6. The van der Waals surface area contributed by atoms with Crippen molar-refractivity contribution in [3.63, 3.8) is 0 Å². The van der Waals surface area contributed by atoms with E-state index in [1.54, 1.807) is 0 Å². The highest BCUT2D eigenvalue weighted by atomic mass is 16.6. The van der Waals surface area contributed by atoms with Crippen molar-refractivity contribution in [3.05, 3.63) is 36.5 Å². The molecule has 0 aliphatic heterocycles. The van der Waals surface area contributed by atoms with Gasteiger partial charge < -0.3 is 14.2 Å². The molecule has 0 aromatic carbocycles. The van der Waals surface area contributed by atoms with Gasteiger partial charge in [-0.15, -0.1) is 0 Å². The molecule has 6 heteroatoms. The minimum Gasteiger partial charge on any atom is -0.462 e. The van der Waals surface area contributed by atoms with E-state index >= 15 is 0 Å². The molecule has 0 bridgehead atoms. The number of carbonyl (C=O) groups is 3. The normalized spacial score (nSPS) is 12.2. The molecule has 0 rings (SSSR count). The lowest BCUT2D eigenvalue weighted by atomic mass is 10.0. The van der Waals surface area contributed by atoms with Crippen molar-refractivity contribution in [1.82, 2.24) is 0 Å². The summed E-state index contributed by atoms with van der Waals surface area (Å²) in [6, 6.07) is 0. The van der Waals surface area contributed by atoms with Gasteiger partial charge in [0, 0.05) is 19.3 Å². The molecule has 61 heavy (non-hydrogen) atoms. The summed E-state index contributed by atoms with van der Waals surface area (Å²) in [6.07, 6.45) is 58.4. The van der Waals surface area contributed by atoms with Crippen LogP contribution in [-0.2, 0) is 28.6 Å². The average molecular weight is 857 g/mol. The monoisotopic (exact) mass is 857 g/mol. The molecule has 6 nitrogen and oxygen atoms in total. The van der Waals surface area contributed by atoms with Crippen LogP contribution in [0.3, 0.4) is 0 Å². The lowest BCUT2D eigenvalue weighted by Crippen LogP contribution is -2.30. The van der Waals surface area contributed by atoms with Gasteiger partial charge in [-0.25, -0.2) is 0 Å². The standard InChI is InChI=1S/C55H100O6/c1-4-7-10-13-16-19-22-24-26-27-29-31-34-36-39-42-45-48-54(57)60-51-52(61-55(58)49-46-43-40-37-32-21-18-15-12-9-6-3)50-59-53(56)47-44-41-38-35-33-30-28-25-23-20-17-14-11-8-5-2/h15,17-18,20,25,28,52H,4-14,16,19,21-24,26-27,29-51H2,1-3H3/b18-15-,20-17-,28-25-/t52-/m1/s1. The highest BCUT2D eigenvalue weighted by molar-refractivity contribution is 5.71. The van der Waals surface area contributed by atoms with Crippen LogP contribution in [0.2, 0.25) is 0 Å². The molecule has 0 aliphatic rings. The number of carbonyl (C=O) groups excluding carboxylic acids is 3. The van der Waals surface area contributed by atoms with Gasteiger partial charge in [-0.2, -0.15) is 0 Å². The molecular formula is C55H100O6. The van der Waals surface area contributed by atoms with Crippen LogP contribution >= 0.6 is 0 Å². The van der Waals surface area contributed by atoms with Crippen molar-refractivity contribution in [3.8, 4) is 0 Å². The minimum atomic E-state index is -0.778. The van der Waals surface area contributed by atoms with E-state index in [9.17, 15) is 14.4 Å². The van der Waals surface area contributed by atoms with Crippen LogP contribution in [0.1, 0.15) is 278 Å². The number of rotatable bonds is 48. The van der Waals surface area contributed by atoms with Crippen molar-refractivity contribution in [1.29, 1.82) is 0 Å². The summed E-state index contributed by atoms with van der Waals surface area (Å²) in [5, 5.41) is 0. The van der Waals surface area contributed by atoms with Gasteiger partial charge in [-0.3, -0.25) is 14.4 Å². The molecule has 0 spiro atoms. The largest absolute Gasteiger partial charge is 0.462 e. The summed E-state index contributed by atoms with van der Waals surface area (Å²) in [5.41, 5.74) is 0. The van der Waals surface area contributed by atoms with Crippen LogP contribution < -0.4 is 0 Å². The molecule has 0 saturated heterocycles. The van der Waals surface area contributed by atoms with Gasteiger partial charge in [0.05, 0.1) is 0 Å². The van der Waals surface area contributed by atoms with Gasteiger partial charge in [-0.1, -0.05) is 224 Å².